The summed E-state index contributed by atoms with van der Waals surface area (Å²) in [5.41, 5.74) is 1.55. The van der Waals surface area contributed by atoms with Crippen LogP contribution in [0, 0.1) is 10.8 Å². The minimum Gasteiger partial charge on any atom is -0.338 e. The Kier molecular flexibility index (Phi) is 6.96. The van der Waals surface area contributed by atoms with Gasteiger partial charge in [-0.05, 0) is 80.5 Å². The maximum atomic E-state index is 13.4. The standard InChI is InChI=1S/C27H38ClN5OS/c1-19(31-12-6-5-7-13-31)24-29-30-25(33(24)21-10-8-20(28)9-11-21)35-16-23(34)32-18-27(4)15-22(32)14-26(2,3)17-27/h8-11,19,22H,5-7,12-18H2,1-4H3/p+1/t19-,22-,27-/m1/s1. The lowest BCUT2D eigenvalue weighted by molar-refractivity contribution is -0.935. The van der Waals surface area contributed by atoms with Gasteiger partial charge < -0.3 is 9.80 Å². The highest BCUT2D eigenvalue weighted by molar-refractivity contribution is 7.99. The van der Waals surface area contributed by atoms with Crippen molar-refractivity contribution in [1.82, 2.24) is 19.7 Å². The number of hydrogen-bond acceptors (Lipinski definition) is 4. The summed E-state index contributed by atoms with van der Waals surface area (Å²) in [6.45, 7) is 12.5. The van der Waals surface area contributed by atoms with Gasteiger partial charge in [-0.15, -0.1) is 10.2 Å². The van der Waals surface area contributed by atoms with Crippen LogP contribution in [-0.4, -0.2) is 57.0 Å². The van der Waals surface area contributed by atoms with Crippen molar-refractivity contribution in [3.8, 4) is 5.69 Å². The lowest BCUT2D eigenvalue weighted by Gasteiger charge is -2.39. The topological polar surface area (TPSA) is 55.5 Å². The molecule has 0 spiro atoms. The first-order chi connectivity index (χ1) is 16.6. The second kappa shape index (κ2) is 9.71. The third-order valence-electron chi connectivity index (χ3n) is 8.30. The van der Waals surface area contributed by atoms with Crippen LogP contribution in [0.1, 0.15) is 78.1 Å². The Morgan fingerprint density at radius 1 is 1.14 bits per heavy atom. The van der Waals surface area contributed by atoms with Crippen LogP contribution in [0.4, 0.5) is 0 Å². The van der Waals surface area contributed by atoms with Gasteiger partial charge in [0.1, 0.15) is 6.04 Å². The number of hydrogen-bond donors (Lipinski definition) is 1. The highest BCUT2D eigenvalue weighted by atomic mass is 35.5. The molecular formula is C27H39ClN5OS+. The molecule has 1 saturated carbocycles. The predicted molar refractivity (Wildman–Crippen MR) is 141 cm³/mol. The fraction of sp³-hybridized carbons (Fsp3) is 0.667. The second-order valence-corrected chi connectivity index (χ2v) is 13.5. The van der Waals surface area contributed by atoms with Crippen LogP contribution >= 0.6 is 23.4 Å². The third-order valence-corrected chi connectivity index (χ3v) is 9.46. The number of nitrogens with zero attached hydrogens (tertiary/aromatic N) is 4. The van der Waals surface area contributed by atoms with Gasteiger partial charge in [0.2, 0.25) is 5.91 Å². The zero-order chi connectivity index (χ0) is 24.8. The van der Waals surface area contributed by atoms with Crippen LogP contribution in [-0.2, 0) is 4.79 Å². The number of quaternary nitrogens is 1. The van der Waals surface area contributed by atoms with E-state index in [4.69, 9.17) is 11.6 Å². The summed E-state index contributed by atoms with van der Waals surface area (Å²) in [7, 11) is 0. The molecule has 3 aliphatic rings. The van der Waals surface area contributed by atoms with Crippen LogP contribution in [0.25, 0.3) is 5.69 Å². The van der Waals surface area contributed by atoms with Gasteiger partial charge in [-0.2, -0.15) is 0 Å². The van der Waals surface area contributed by atoms with Crippen molar-refractivity contribution in [2.75, 3.05) is 25.4 Å². The zero-order valence-corrected chi connectivity index (χ0v) is 23.1. The van der Waals surface area contributed by atoms with E-state index in [1.165, 1.54) is 50.5 Å². The normalized spacial score (nSPS) is 27.2. The molecule has 1 amide bonds. The van der Waals surface area contributed by atoms with Crippen molar-refractivity contribution in [2.24, 2.45) is 10.8 Å². The molecule has 1 N–H and O–H groups in total. The van der Waals surface area contributed by atoms with Crippen LogP contribution in [0.3, 0.4) is 0 Å². The molecule has 3 heterocycles. The minimum absolute atomic E-state index is 0.225. The number of nitrogens with one attached hydrogen (secondary N) is 1. The molecule has 3 atom stereocenters. The SMILES string of the molecule is C[C@H](c1nnc(SCC(=O)N2C[C@]3(C)C[C@H]2CC(C)(C)C3)n1-c1ccc(Cl)cc1)[NH+]1CCCCC1. The van der Waals surface area contributed by atoms with Crippen molar-refractivity contribution in [1.29, 1.82) is 0 Å². The highest BCUT2D eigenvalue weighted by Gasteiger charge is 2.50. The molecule has 190 valence electrons. The summed E-state index contributed by atoms with van der Waals surface area (Å²) in [5, 5.41) is 10.7. The van der Waals surface area contributed by atoms with Crippen molar-refractivity contribution in [3.63, 3.8) is 0 Å². The summed E-state index contributed by atoms with van der Waals surface area (Å²) >= 11 is 7.70. The Labute approximate surface area is 218 Å². The molecule has 2 bridgehead atoms. The number of aromatic nitrogens is 3. The molecule has 35 heavy (non-hydrogen) atoms. The molecule has 1 aliphatic carbocycles. The van der Waals surface area contributed by atoms with E-state index in [-0.39, 0.29) is 17.4 Å². The number of piperidine rings is 1. The number of halogens is 1. The first-order valence-corrected chi connectivity index (χ1v) is 14.5. The van der Waals surface area contributed by atoms with Gasteiger partial charge in [-0.25, -0.2) is 0 Å². The quantitative estimate of drug-likeness (QED) is 0.571. The molecule has 6 nitrogen and oxygen atoms in total. The zero-order valence-electron chi connectivity index (χ0n) is 21.5. The van der Waals surface area contributed by atoms with Crippen LogP contribution < -0.4 is 4.90 Å². The Bertz CT molecular complexity index is 1060. The number of likely N-dealkylation sites (tertiary alicyclic amines) is 2. The number of fused-ring (bicyclic) bond motifs is 2. The Hall–Kier alpha value is -1.57. The van der Waals surface area contributed by atoms with Gasteiger partial charge in [0.25, 0.3) is 0 Å². The maximum Gasteiger partial charge on any atom is 0.233 e. The Morgan fingerprint density at radius 2 is 1.86 bits per heavy atom. The van der Waals surface area contributed by atoms with Gasteiger partial charge >= 0.3 is 0 Å². The van der Waals surface area contributed by atoms with Crippen molar-refractivity contribution in [3.05, 3.63) is 35.1 Å². The van der Waals surface area contributed by atoms with Gasteiger partial charge in [0.05, 0.1) is 18.8 Å². The molecule has 2 saturated heterocycles. The summed E-state index contributed by atoms with van der Waals surface area (Å²) in [6, 6.07) is 8.46. The van der Waals surface area contributed by atoms with Crippen molar-refractivity contribution < 1.29 is 9.69 Å². The summed E-state index contributed by atoms with van der Waals surface area (Å²) in [5.74, 6) is 1.58. The van der Waals surface area contributed by atoms with E-state index in [2.05, 4.69) is 47.4 Å². The van der Waals surface area contributed by atoms with E-state index in [1.807, 2.05) is 24.3 Å². The largest absolute Gasteiger partial charge is 0.338 e. The first kappa shape index (κ1) is 25.1. The number of carbonyl (C=O) groups excluding carboxylic acids is 1. The van der Waals surface area contributed by atoms with Crippen molar-refractivity contribution >= 4 is 29.3 Å². The van der Waals surface area contributed by atoms with E-state index >= 15 is 0 Å². The fourth-order valence-electron chi connectivity index (χ4n) is 7.07. The summed E-state index contributed by atoms with van der Waals surface area (Å²) in [4.78, 5) is 17.1. The van der Waals surface area contributed by atoms with Crippen LogP contribution in [0.15, 0.2) is 29.4 Å². The molecule has 0 unspecified atom stereocenters. The molecule has 2 aliphatic heterocycles. The molecule has 0 radical (unpaired) electrons. The third kappa shape index (κ3) is 5.28. The van der Waals surface area contributed by atoms with Gasteiger partial charge in [0.15, 0.2) is 11.0 Å². The average Bonchev–Trinajstić information content (AvgIpc) is 3.35. The molecule has 5 rings (SSSR count). The number of carbonyl (C=O) groups is 1. The number of amides is 1. The van der Waals surface area contributed by atoms with Gasteiger partial charge in [0, 0.05) is 23.3 Å². The van der Waals surface area contributed by atoms with Gasteiger partial charge in [-0.3, -0.25) is 9.36 Å². The first-order valence-electron chi connectivity index (χ1n) is 13.1. The molecule has 1 aromatic heterocycles. The molecule has 8 heteroatoms. The highest BCUT2D eigenvalue weighted by Crippen LogP contribution is 2.52. The molecule has 2 aromatic rings. The number of rotatable bonds is 6. The van der Waals surface area contributed by atoms with E-state index in [0.29, 0.717) is 22.2 Å². The molecular weight excluding hydrogens is 478 g/mol. The minimum atomic E-state index is 0.225. The Morgan fingerprint density at radius 3 is 2.57 bits per heavy atom. The smallest absolute Gasteiger partial charge is 0.233 e. The van der Waals surface area contributed by atoms with Gasteiger partial charge in [-0.1, -0.05) is 44.1 Å². The maximum absolute atomic E-state index is 13.4. The van der Waals surface area contributed by atoms with Crippen molar-refractivity contribution in [2.45, 2.75) is 83.5 Å². The summed E-state index contributed by atoms with van der Waals surface area (Å²) in [6.07, 6.45) is 7.26. The lowest BCUT2D eigenvalue weighted by atomic mass is 9.65. The average molecular weight is 517 g/mol. The Balaban J connectivity index is 1.36. The molecule has 3 fully saturated rings. The van der Waals surface area contributed by atoms with Crippen LogP contribution in [0.2, 0.25) is 5.02 Å². The lowest BCUT2D eigenvalue weighted by Crippen LogP contribution is -3.12. The van der Waals surface area contributed by atoms with E-state index in [0.717, 1.165) is 36.1 Å². The second-order valence-electron chi connectivity index (χ2n) is 12.1. The van der Waals surface area contributed by atoms with E-state index in [1.54, 1.807) is 4.90 Å². The van der Waals surface area contributed by atoms with Crippen LogP contribution in [0.5, 0.6) is 0 Å². The van der Waals surface area contributed by atoms with E-state index < -0.39 is 0 Å². The predicted octanol–water partition coefficient (Wildman–Crippen LogP) is 4.57. The fourth-order valence-corrected chi connectivity index (χ4v) is 8.04. The van der Waals surface area contributed by atoms with E-state index in [9.17, 15) is 4.79 Å². The molecule has 1 aromatic carbocycles. The summed E-state index contributed by atoms with van der Waals surface area (Å²) < 4.78 is 2.15. The number of benzene rings is 1. The number of thioether (sulfide) groups is 1. The monoisotopic (exact) mass is 516 g/mol.